The molecule has 5 heteroatoms. The molecule has 0 heterocycles. The largest absolute Gasteiger partial charge is 0.378 e. The molecule has 1 N–H and O–H groups in total. The number of benzene rings is 2. The van der Waals surface area contributed by atoms with Crippen LogP contribution in [0, 0.1) is 24.4 Å². The number of hydrogen-bond donors (Lipinski definition) is 1. The van der Waals surface area contributed by atoms with Crippen LogP contribution in [0.2, 0.25) is 0 Å². The lowest BCUT2D eigenvalue weighted by Crippen LogP contribution is -2.09. The van der Waals surface area contributed by atoms with Crippen LogP contribution in [0.5, 0.6) is 0 Å². The van der Waals surface area contributed by atoms with Crippen molar-refractivity contribution in [3.8, 4) is 0 Å². The van der Waals surface area contributed by atoms with Crippen LogP contribution in [0.3, 0.4) is 0 Å². The minimum Gasteiger partial charge on any atom is -0.378 e. The van der Waals surface area contributed by atoms with Gasteiger partial charge in [0.25, 0.3) is 0 Å². The van der Waals surface area contributed by atoms with E-state index in [2.05, 4.69) is 21.2 Å². The first-order valence-electron chi connectivity index (χ1n) is 6.05. The number of hydrogen-bond acceptors (Lipinski definition) is 1. The lowest BCUT2D eigenvalue weighted by atomic mass is 10.0. The molecule has 0 fully saturated rings. The number of halogens is 4. The number of anilines is 1. The third-order valence-electron chi connectivity index (χ3n) is 3.05. The fraction of sp³-hybridized carbons (Fsp3) is 0.200. The fourth-order valence-electron chi connectivity index (χ4n) is 1.91. The molecule has 0 aliphatic heterocycles. The smallest absolute Gasteiger partial charge is 0.137 e. The van der Waals surface area contributed by atoms with Crippen molar-refractivity contribution < 1.29 is 13.2 Å². The number of nitrogens with one attached hydrogen (secondary N) is 1. The van der Waals surface area contributed by atoms with Crippen LogP contribution in [-0.2, 0) is 0 Å². The van der Waals surface area contributed by atoms with Gasteiger partial charge in [0.1, 0.15) is 17.5 Å². The fourth-order valence-corrected chi connectivity index (χ4v) is 2.29. The first-order chi connectivity index (χ1) is 9.38. The molecule has 0 spiro atoms. The van der Waals surface area contributed by atoms with E-state index >= 15 is 0 Å². The molecule has 106 valence electrons. The van der Waals surface area contributed by atoms with Crippen molar-refractivity contribution in [2.45, 2.75) is 19.9 Å². The maximum atomic E-state index is 13.9. The van der Waals surface area contributed by atoms with Crippen LogP contribution in [0.1, 0.15) is 24.1 Å². The zero-order valence-electron chi connectivity index (χ0n) is 11.0. The summed E-state index contributed by atoms with van der Waals surface area (Å²) in [5.74, 6) is -1.30. The summed E-state index contributed by atoms with van der Waals surface area (Å²) in [5.41, 5.74) is 1.11. The first-order valence-corrected chi connectivity index (χ1v) is 6.85. The van der Waals surface area contributed by atoms with E-state index in [-0.39, 0.29) is 16.9 Å². The molecule has 20 heavy (non-hydrogen) atoms. The van der Waals surface area contributed by atoms with Gasteiger partial charge in [0, 0.05) is 11.3 Å². The Balaban J connectivity index is 2.25. The molecular weight excluding hydrogens is 331 g/mol. The van der Waals surface area contributed by atoms with Crippen molar-refractivity contribution in [3.05, 3.63) is 63.4 Å². The third kappa shape index (κ3) is 3.15. The zero-order chi connectivity index (χ0) is 14.9. The molecule has 0 saturated heterocycles. The van der Waals surface area contributed by atoms with E-state index in [1.165, 1.54) is 25.1 Å². The van der Waals surface area contributed by atoms with Gasteiger partial charge in [-0.25, -0.2) is 13.2 Å². The summed E-state index contributed by atoms with van der Waals surface area (Å²) in [6.45, 7) is 3.22. The normalized spacial score (nSPS) is 12.3. The molecule has 0 aliphatic rings. The summed E-state index contributed by atoms with van der Waals surface area (Å²) < 4.78 is 40.8. The predicted molar refractivity (Wildman–Crippen MR) is 77.2 cm³/mol. The predicted octanol–water partition coefficient (Wildman–Crippen LogP) is 5.35. The average molecular weight is 344 g/mol. The SMILES string of the molecule is Cc1cc(F)c(C(C)Nc2ccc(F)c(Br)c2)cc1F. The van der Waals surface area contributed by atoms with Gasteiger partial charge in [-0.2, -0.15) is 0 Å². The van der Waals surface area contributed by atoms with Gasteiger partial charge < -0.3 is 5.32 Å². The van der Waals surface area contributed by atoms with Crippen molar-refractivity contribution >= 4 is 21.6 Å². The Hall–Kier alpha value is -1.49. The van der Waals surface area contributed by atoms with Gasteiger partial charge in [0.15, 0.2) is 0 Å². The Kier molecular flexibility index (Phi) is 4.38. The van der Waals surface area contributed by atoms with Gasteiger partial charge in [-0.3, -0.25) is 0 Å². The zero-order valence-corrected chi connectivity index (χ0v) is 12.6. The van der Waals surface area contributed by atoms with Crippen molar-refractivity contribution in [1.82, 2.24) is 0 Å². The molecule has 1 unspecified atom stereocenters. The van der Waals surface area contributed by atoms with Gasteiger partial charge >= 0.3 is 0 Å². The topological polar surface area (TPSA) is 12.0 Å². The first kappa shape index (κ1) is 14.9. The standard InChI is InChI=1S/C15H13BrF3N/c1-8-5-15(19)11(7-14(8)18)9(2)20-10-3-4-13(17)12(16)6-10/h3-7,9,20H,1-2H3. The Labute approximate surface area is 123 Å². The molecule has 0 bridgehead atoms. The summed E-state index contributed by atoms with van der Waals surface area (Å²) in [5, 5.41) is 3.01. The average Bonchev–Trinajstić information content (AvgIpc) is 2.38. The molecule has 1 nitrogen and oxygen atoms in total. The van der Waals surface area contributed by atoms with E-state index in [0.717, 1.165) is 0 Å². The molecule has 0 aliphatic carbocycles. The van der Waals surface area contributed by atoms with E-state index in [1.54, 1.807) is 19.1 Å². The molecule has 0 saturated carbocycles. The van der Waals surface area contributed by atoms with Crippen LogP contribution in [0.4, 0.5) is 18.9 Å². The summed E-state index contributed by atoms with van der Waals surface area (Å²) in [4.78, 5) is 0. The lowest BCUT2D eigenvalue weighted by Gasteiger charge is -2.17. The van der Waals surface area contributed by atoms with Crippen LogP contribution in [-0.4, -0.2) is 0 Å². The quantitative estimate of drug-likeness (QED) is 0.792. The Morgan fingerprint density at radius 3 is 2.35 bits per heavy atom. The van der Waals surface area contributed by atoms with Crippen LogP contribution in [0.25, 0.3) is 0 Å². The monoisotopic (exact) mass is 343 g/mol. The van der Waals surface area contributed by atoms with Gasteiger partial charge in [0.2, 0.25) is 0 Å². The maximum absolute atomic E-state index is 13.9. The van der Waals surface area contributed by atoms with Gasteiger partial charge in [-0.05, 0) is 65.7 Å². The van der Waals surface area contributed by atoms with Crippen LogP contribution < -0.4 is 5.32 Å². The minimum absolute atomic E-state index is 0.230. The highest BCUT2D eigenvalue weighted by molar-refractivity contribution is 9.10. The van der Waals surface area contributed by atoms with Crippen molar-refractivity contribution in [1.29, 1.82) is 0 Å². The van der Waals surface area contributed by atoms with E-state index in [0.29, 0.717) is 10.2 Å². The minimum atomic E-state index is -0.468. The van der Waals surface area contributed by atoms with Gasteiger partial charge in [-0.15, -0.1) is 0 Å². The second-order valence-corrected chi connectivity index (χ2v) is 5.47. The number of rotatable bonds is 3. The summed E-state index contributed by atoms with van der Waals surface area (Å²) in [6, 6.07) is 6.30. The molecule has 0 aromatic heterocycles. The highest BCUT2D eigenvalue weighted by Crippen LogP contribution is 2.26. The summed E-state index contributed by atoms with van der Waals surface area (Å²) in [6.07, 6.45) is 0. The molecule has 2 aromatic rings. The molecule has 1 atom stereocenters. The van der Waals surface area contributed by atoms with E-state index < -0.39 is 17.7 Å². The maximum Gasteiger partial charge on any atom is 0.137 e. The Morgan fingerprint density at radius 1 is 1.00 bits per heavy atom. The molecule has 2 aromatic carbocycles. The highest BCUT2D eigenvalue weighted by atomic mass is 79.9. The third-order valence-corrected chi connectivity index (χ3v) is 3.65. The van der Waals surface area contributed by atoms with E-state index in [9.17, 15) is 13.2 Å². The van der Waals surface area contributed by atoms with Crippen LogP contribution >= 0.6 is 15.9 Å². The molecular formula is C15H13BrF3N. The molecule has 2 rings (SSSR count). The van der Waals surface area contributed by atoms with Crippen LogP contribution in [0.15, 0.2) is 34.8 Å². The van der Waals surface area contributed by atoms with Crippen molar-refractivity contribution in [2.24, 2.45) is 0 Å². The summed E-state index contributed by atoms with van der Waals surface area (Å²) in [7, 11) is 0. The molecule has 0 radical (unpaired) electrons. The number of aryl methyl sites for hydroxylation is 1. The Morgan fingerprint density at radius 2 is 1.70 bits per heavy atom. The van der Waals surface area contributed by atoms with Crippen molar-refractivity contribution in [3.63, 3.8) is 0 Å². The second-order valence-electron chi connectivity index (χ2n) is 4.62. The summed E-state index contributed by atoms with van der Waals surface area (Å²) >= 11 is 3.08. The Bertz CT molecular complexity index is 643. The van der Waals surface area contributed by atoms with E-state index in [4.69, 9.17) is 0 Å². The van der Waals surface area contributed by atoms with Crippen molar-refractivity contribution in [2.75, 3.05) is 5.32 Å². The lowest BCUT2D eigenvalue weighted by molar-refractivity contribution is 0.571. The highest BCUT2D eigenvalue weighted by Gasteiger charge is 2.14. The van der Waals surface area contributed by atoms with Gasteiger partial charge in [-0.1, -0.05) is 0 Å². The molecule has 0 amide bonds. The second kappa shape index (κ2) is 5.87. The van der Waals surface area contributed by atoms with Gasteiger partial charge in [0.05, 0.1) is 10.5 Å². The van der Waals surface area contributed by atoms with E-state index in [1.807, 2.05) is 0 Å².